The fourth-order valence-electron chi connectivity index (χ4n) is 2.19. The van der Waals surface area contributed by atoms with E-state index in [1.807, 2.05) is 36.5 Å². The number of rotatable bonds is 7. The molecule has 0 saturated heterocycles. The molecule has 3 rings (SSSR count). The number of thiazole rings is 1. The van der Waals surface area contributed by atoms with Gasteiger partial charge in [0.1, 0.15) is 5.82 Å². The first-order chi connectivity index (χ1) is 12.2. The highest BCUT2D eigenvalue weighted by molar-refractivity contribution is 7.11. The Morgan fingerprint density at radius 3 is 2.64 bits per heavy atom. The maximum absolute atomic E-state index is 12.1. The van der Waals surface area contributed by atoms with E-state index in [9.17, 15) is 4.79 Å². The van der Waals surface area contributed by atoms with Crippen molar-refractivity contribution in [3.8, 4) is 0 Å². The van der Waals surface area contributed by atoms with Gasteiger partial charge in [0.15, 0.2) is 5.69 Å². The van der Waals surface area contributed by atoms with E-state index in [4.69, 9.17) is 0 Å². The largest absolute Gasteiger partial charge is 0.368 e. The first kappa shape index (κ1) is 17.0. The first-order valence-electron chi connectivity index (χ1n) is 8.12. The smallest absolute Gasteiger partial charge is 0.276 e. The van der Waals surface area contributed by atoms with Crippen LogP contribution in [0.2, 0.25) is 0 Å². The van der Waals surface area contributed by atoms with Gasteiger partial charge in [0.2, 0.25) is 0 Å². The molecule has 25 heavy (non-hydrogen) atoms. The fourth-order valence-corrected chi connectivity index (χ4v) is 3.05. The van der Waals surface area contributed by atoms with Crippen molar-refractivity contribution in [2.75, 3.05) is 17.2 Å². The molecule has 0 aliphatic carbocycles. The topological polar surface area (TPSA) is 79.8 Å². The summed E-state index contributed by atoms with van der Waals surface area (Å²) < 4.78 is 0. The highest BCUT2D eigenvalue weighted by Gasteiger charge is 2.08. The summed E-state index contributed by atoms with van der Waals surface area (Å²) >= 11 is 1.74. The van der Waals surface area contributed by atoms with Crippen LogP contribution in [0.5, 0.6) is 0 Å². The molecule has 0 atom stereocenters. The molecule has 6 nitrogen and oxygen atoms in total. The average molecular weight is 353 g/mol. The van der Waals surface area contributed by atoms with Crippen molar-refractivity contribution in [3.05, 3.63) is 64.2 Å². The Hall–Kier alpha value is -2.80. The van der Waals surface area contributed by atoms with Crippen LogP contribution >= 0.6 is 11.3 Å². The Labute approximate surface area is 150 Å². The second-order valence-electron chi connectivity index (χ2n) is 5.37. The monoisotopic (exact) mass is 353 g/mol. The SMILES string of the molecule is CCc1cnc(CCNc2ccc(C(=O)Nc3ccccc3)nn2)s1. The van der Waals surface area contributed by atoms with E-state index in [1.54, 1.807) is 23.5 Å². The molecule has 128 valence electrons. The predicted molar refractivity (Wildman–Crippen MR) is 100 cm³/mol. The standard InChI is InChI=1S/C18H19N5OS/c1-2-14-12-20-17(25-14)10-11-19-16-9-8-15(22-23-16)18(24)21-13-6-4-3-5-7-13/h3-9,12H,2,10-11H2,1H3,(H,19,23)(H,21,24). The van der Waals surface area contributed by atoms with Crippen LogP contribution in [0.4, 0.5) is 11.5 Å². The second-order valence-corrected chi connectivity index (χ2v) is 6.57. The normalized spacial score (nSPS) is 10.4. The number of aryl methyl sites for hydroxylation is 1. The minimum absolute atomic E-state index is 0.278. The number of nitrogens with zero attached hydrogens (tertiary/aromatic N) is 3. The molecule has 0 spiro atoms. The van der Waals surface area contributed by atoms with Crippen LogP contribution in [0.25, 0.3) is 0 Å². The maximum Gasteiger partial charge on any atom is 0.276 e. The molecule has 1 aromatic carbocycles. The summed E-state index contributed by atoms with van der Waals surface area (Å²) in [6.45, 7) is 2.85. The van der Waals surface area contributed by atoms with Gasteiger partial charge in [-0.05, 0) is 30.7 Å². The minimum Gasteiger partial charge on any atom is -0.368 e. The third-order valence-corrected chi connectivity index (χ3v) is 4.73. The molecular formula is C18H19N5OS. The third-order valence-electron chi connectivity index (χ3n) is 3.52. The number of anilines is 2. The number of hydrogen-bond acceptors (Lipinski definition) is 6. The summed E-state index contributed by atoms with van der Waals surface area (Å²) in [6, 6.07) is 12.7. The number of aromatic nitrogens is 3. The van der Waals surface area contributed by atoms with E-state index >= 15 is 0 Å². The summed E-state index contributed by atoms with van der Waals surface area (Å²) in [5, 5.41) is 15.1. The maximum atomic E-state index is 12.1. The van der Waals surface area contributed by atoms with Gasteiger partial charge in [-0.15, -0.1) is 21.5 Å². The van der Waals surface area contributed by atoms with Crippen molar-refractivity contribution in [1.82, 2.24) is 15.2 Å². The predicted octanol–water partition coefficient (Wildman–Crippen LogP) is 3.40. The molecule has 2 heterocycles. The van der Waals surface area contributed by atoms with Gasteiger partial charge in [-0.3, -0.25) is 4.79 Å². The van der Waals surface area contributed by atoms with Crippen LogP contribution in [0.1, 0.15) is 27.3 Å². The molecule has 0 aliphatic heterocycles. The molecule has 0 saturated carbocycles. The van der Waals surface area contributed by atoms with Crippen molar-refractivity contribution in [3.63, 3.8) is 0 Å². The number of carbonyl (C=O) groups excluding carboxylic acids is 1. The zero-order chi connectivity index (χ0) is 17.5. The number of carbonyl (C=O) groups is 1. The van der Waals surface area contributed by atoms with E-state index in [1.165, 1.54) is 4.88 Å². The van der Waals surface area contributed by atoms with Gasteiger partial charge < -0.3 is 10.6 Å². The van der Waals surface area contributed by atoms with E-state index in [-0.39, 0.29) is 11.6 Å². The molecular weight excluding hydrogens is 334 g/mol. The van der Waals surface area contributed by atoms with Crippen LogP contribution in [0.15, 0.2) is 48.7 Å². The zero-order valence-electron chi connectivity index (χ0n) is 13.9. The van der Waals surface area contributed by atoms with E-state index in [0.717, 1.165) is 30.1 Å². The lowest BCUT2D eigenvalue weighted by Crippen LogP contribution is -2.15. The van der Waals surface area contributed by atoms with E-state index in [0.29, 0.717) is 5.82 Å². The van der Waals surface area contributed by atoms with Crippen molar-refractivity contribution in [2.45, 2.75) is 19.8 Å². The summed E-state index contributed by atoms with van der Waals surface area (Å²) in [7, 11) is 0. The number of hydrogen-bond donors (Lipinski definition) is 2. The highest BCUT2D eigenvalue weighted by Crippen LogP contribution is 2.14. The van der Waals surface area contributed by atoms with Gasteiger partial charge in [-0.2, -0.15) is 0 Å². The van der Waals surface area contributed by atoms with Gasteiger partial charge >= 0.3 is 0 Å². The van der Waals surface area contributed by atoms with Crippen molar-refractivity contribution in [1.29, 1.82) is 0 Å². The van der Waals surface area contributed by atoms with Gasteiger partial charge in [0.05, 0.1) is 5.01 Å². The van der Waals surface area contributed by atoms with Crippen LogP contribution in [-0.2, 0) is 12.8 Å². The molecule has 0 radical (unpaired) electrons. The molecule has 7 heteroatoms. The van der Waals surface area contributed by atoms with Crippen molar-refractivity contribution in [2.24, 2.45) is 0 Å². The van der Waals surface area contributed by atoms with Crippen LogP contribution in [0.3, 0.4) is 0 Å². The Bertz CT molecular complexity index is 817. The lowest BCUT2D eigenvalue weighted by atomic mass is 10.3. The molecule has 0 fully saturated rings. The summed E-state index contributed by atoms with van der Waals surface area (Å²) in [6.07, 6.45) is 3.78. The average Bonchev–Trinajstić information content (AvgIpc) is 3.11. The zero-order valence-corrected chi connectivity index (χ0v) is 14.7. The van der Waals surface area contributed by atoms with E-state index < -0.39 is 0 Å². The quantitative estimate of drug-likeness (QED) is 0.680. The number of para-hydroxylation sites is 1. The summed E-state index contributed by atoms with van der Waals surface area (Å²) in [4.78, 5) is 17.8. The summed E-state index contributed by atoms with van der Waals surface area (Å²) in [5.74, 6) is 0.365. The number of amides is 1. The Morgan fingerprint density at radius 2 is 1.96 bits per heavy atom. The third kappa shape index (κ3) is 4.84. The Morgan fingerprint density at radius 1 is 1.12 bits per heavy atom. The second kappa shape index (κ2) is 8.34. The van der Waals surface area contributed by atoms with Crippen LogP contribution < -0.4 is 10.6 Å². The van der Waals surface area contributed by atoms with Gasteiger partial charge in [-0.1, -0.05) is 25.1 Å². The Kier molecular flexibility index (Phi) is 5.69. The molecule has 2 aromatic heterocycles. The molecule has 0 bridgehead atoms. The van der Waals surface area contributed by atoms with Crippen LogP contribution in [-0.4, -0.2) is 27.6 Å². The summed E-state index contributed by atoms with van der Waals surface area (Å²) in [5.41, 5.74) is 1.01. The fraction of sp³-hybridized carbons (Fsp3) is 0.222. The molecule has 3 aromatic rings. The van der Waals surface area contributed by atoms with Crippen molar-refractivity contribution < 1.29 is 4.79 Å². The minimum atomic E-state index is -0.278. The molecule has 0 unspecified atom stereocenters. The Balaban J connectivity index is 1.50. The number of benzene rings is 1. The molecule has 2 N–H and O–H groups in total. The lowest BCUT2D eigenvalue weighted by molar-refractivity contribution is 0.102. The van der Waals surface area contributed by atoms with Crippen molar-refractivity contribution >= 4 is 28.7 Å². The van der Waals surface area contributed by atoms with Gasteiger partial charge in [0.25, 0.3) is 5.91 Å². The van der Waals surface area contributed by atoms with Gasteiger partial charge in [-0.25, -0.2) is 4.98 Å². The van der Waals surface area contributed by atoms with Gasteiger partial charge in [0, 0.05) is 29.7 Å². The number of nitrogens with one attached hydrogen (secondary N) is 2. The molecule has 0 aliphatic rings. The van der Waals surface area contributed by atoms with Crippen LogP contribution in [0, 0.1) is 0 Å². The molecule has 1 amide bonds. The first-order valence-corrected chi connectivity index (χ1v) is 8.94. The van der Waals surface area contributed by atoms with E-state index in [2.05, 4.69) is 32.7 Å². The lowest BCUT2D eigenvalue weighted by Gasteiger charge is -2.06. The highest BCUT2D eigenvalue weighted by atomic mass is 32.1.